The number of nitrogens with two attached hydrogens (primary N) is 1. The molecule has 0 amide bonds. The third kappa shape index (κ3) is 2.12. The first-order valence-electron chi connectivity index (χ1n) is 3.59. The van der Waals surface area contributed by atoms with Gasteiger partial charge in [-0.2, -0.15) is 13.2 Å². The molecule has 1 aromatic carbocycles. The molecule has 0 saturated carbocycles. The van der Waals surface area contributed by atoms with Gasteiger partial charge in [0.15, 0.2) is 0 Å². The Labute approximate surface area is 73.5 Å². The molecule has 0 aliphatic carbocycles. The lowest BCUT2D eigenvalue weighted by Gasteiger charge is -2.10. The Morgan fingerprint density at radius 1 is 1.31 bits per heavy atom. The lowest BCUT2D eigenvalue weighted by atomic mass is 10.1. The Morgan fingerprint density at radius 2 is 1.92 bits per heavy atom. The molecule has 0 aromatic heterocycles. The predicted octanol–water partition coefficient (Wildman–Crippen LogP) is 2.30. The minimum absolute atomic E-state index is 0.156. The number of benzene rings is 1. The highest BCUT2D eigenvalue weighted by Crippen LogP contribution is 2.32. The third-order valence-corrected chi connectivity index (χ3v) is 1.70. The number of rotatable bonds is 1. The van der Waals surface area contributed by atoms with Crippen molar-refractivity contribution in [3.05, 3.63) is 29.3 Å². The molecular weight excluding hydrogens is 181 g/mol. The number of hydrogen-bond acceptors (Lipinski definition) is 2. The molecule has 0 bridgehead atoms. The van der Waals surface area contributed by atoms with E-state index in [4.69, 9.17) is 5.84 Å². The van der Waals surface area contributed by atoms with E-state index in [1.54, 1.807) is 0 Å². The minimum atomic E-state index is -4.29. The molecule has 1 rings (SSSR count). The van der Waals surface area contributed by atoms with Crippen LogP contribution in [0.2, 0.25) is 0 Å². The van der Waals surface area contributed by atoms with Crippen LogP contribution in [-0.4, -0.2) is 0 Å². The number of nitrogens with one attached hydrogen (secondary N) is 1. The summed E-state index contributed by atoms with van der Waals surface area (Å²) in [6.07, 6.45) is -4.29. The van der Waals surface area contributed by atoms with Crippen LogP contribution < -0.4 is 11.3 Å². The van der Waals surface area contributed by atoms with E-state index in [0.29, 0.717) is 5.69 Å². The Morgan fingerprint density at radius 3 is 2.31 bits per heavy atom. The summed E-state index contributed by atoms with van der Waals surface area (Å²) in [5.74, 6) is 5.05. The summed E-state index contributed by atoms with van der Waals surface area (Å²) in [5.41, 5.74) is 2.27. The summed E-state index contributed by atoms with van der Waals surface area (Å²) in [4.78, 5) is 0. The van der Waals surface area contributed by atoms with Gasteiger partial charge in [-0.15, -0.1) is 0 Å². The molecule has 0 spiro atoms. The van der Waals surface area contributed by atoms with Crippen molar-refractivity contribution in [3.8, 4) is 0 Å². The molecule has 0 fully saturated rings. The van der Waals surface area contributed by atoms with Gasteiger partial charge in [-0.1, -0.05) is 0 Å². The zero-order chi connectivity index (χ0) is 10.1. The fourth-order valence-corrected chi connectivity index (χ4v) is 1.07. The molecule has 2 nitrogen and oxygen atoms in total. The summed E-state index contributed by atoms with van der Waals surface area (Å²) >= 11 is 0. The number of aryl methyl sites for hydroxylation is 1. The number of hydrogen-bond donors (Lipinski definition) is 2. The molecule has 0 heterocycles. The van der Waals surface area contributed by atoms with Crippen LogP contribution in [-0.2, 0) is 6.18 Å². The quantitative estimate of drug-likeness (QED) is 0.526. The van der Waals surface area contributed by atoms with Gasteiger partial charge in [-0.3, -0.25) is 5.84 Å². The van der Waals surface area contributed by atoms with E-state index in [2.05, 4.69) is 5.43 Å². The molecule has 1 aromatic rings. The number of nitrogen functional groups attached to an aromatic ring is 1. The third-order valence-electron chi connectivity index (χ3n) is 1.70. The maximum Gasteiger partial charge on any atom is 0.416 e. The molecule has 0 saturated heterocycles. The Bertz CT molecular complexity index is 307. The molecule has 0 radical (unpaired) electrons. The molecular formula is C8H9F3N2. The summed E-state index contributed by atoms with van der Waals surface area (Å²) in [7, 11) is 0. The lowest BCUT2D eigenvalue weighted by molar-refractivity contribution is -0.138. The van der Waals surface area contributed by atoms with Crippen LogP contribution in [0.25, 0.3) is 0 Å². The highest BCUT2D eigenvalue weighted by atomic mass is 19.4. The molecule has 0 aliphatic heterocycles. The Hall–Kier alpha value is -1.23. The molecule has 3 N–H and O–H groups in total. The van der Waals surface area contributed by atoms with Crippen molar-refractivity contribution in [1.29, 1.82) is 0 Å². The van der Waals surface area contributed by atoms with Gasteiger partial charge >= 0.3 is 6.18 Å². The SMILES string of the molecule is Cc1cc(NN)ccc1C(F)(F)F. The summed E-state index contributed by atoms with van der Waals surface area (Å²) in [6, 6.07) is 3.64. The van der Waals surface area contributed by atoms with E-state index in [9.17, 15) is 13.2 Å². The van der Waals surface area contributed by atoms with Gasteiger partial charge in [0.25, 0.3) is 0 Å². The van der Waals surface area contributed by atoms with Crippen molar-refractivity contribution >= 4 is 5.69 Å². The maximum atomic E-state index is 12.2. The average Bonchev–Trinajstić information content (AvgIpc) is 2.01. The smallest absolute Gasteiger partial charge is 0.324 e. The fraction of sp³-hybridized carbons (Fsp3) is 0.250. The van der Waals surface area contributed by atoms with E-state index in [1.165, 1.54) is 19.1 Å². The van der Waals surface area contributed by atoms with Crippen molar-refractivity contribution < 1.29 is 13.2 Å². The summed E-state index contributed by atoms with van der Waals surface area (Å²) in [5, 5.41) is 0. The Kier molecular flexibility index (Phi) is 2.47. The molecule has 0 aliphatic rings. The zero-order valence-corrected chi connectivity index (χ0v) is 6.94. The molecule has 5 heteroatoms. The Balaban J connectivity index is 3.13. The summed E-state index contributed by atoms with van der Waals surface area (Å²) in [6.45, 7) is 1.39. The number of halogens is 3. The highest BCUT2D eigenvalue weighted by molar-refractivity contribution is 5.48. The van der Waals surface area contributed by atoms with Gasteiger partial charge < -0.3 is 5.43 Å². The first-order chi connectivity index (χ1) is 5.95. The van der Waals surface area contributed by atoms with Crippen LogP contribution in [0.1, 0.15) is 11.1 Å². The predicted molar refractivity (Wildman–Crippen MR) is 44.0 cm³/mol. The van der Waals surface area contributed by atoms with Crippen molar-refractivity contribution in [3.63, 3.8) is 0 Å². The molecule has 0 atom stereocenters. The highest BCUT2D eigenvalue weighted by Gasteiger charge is 2.31. The second kappa shape index (κ2) is 3.26. The van der Waals surface area contributed by atoms with E-state index in [1.807, 2.05) is 0 Å². The van der Waals surface area contributed by atoms with Gasteiger partial charge in [-0.25, -0.2) is 0 Å². The van der Waals surface area contributed by atoms with Gasteiger partial charge in [0, 0.05) is 5.69 Å². The van der Waals surface area contributed by atoms with E-state index in [-0.39, 0.29) is 5.56 Å². The van der Waals surface area contributed by atoms with Crippen molar-refractivity contribution in [1.82, 2.24) is 0 Å². The van der Waals surface area contributed by atoms with Gasteiger partial charge in [0.05, 0.1) is 5.56 Å². The lowest BCUT2D eigenvalue weighted by Crippen LogP contribution is -2.10. The number of alkyl halides is 3. The van der Waals surface area contributed by atoms with E-state index < -0.39 is 11.7 Å². The van der Waals surface area contributed by atoms with Crippen LogP contribution in [0.4, 0.5) is 18.9 Å². The normalized spacial score (nSPS) is 11.5. The second-order valence-corrected chi connectivity index (χ2v) is 2.67. The summed E-state index contributed by atoms with van der Waals surface area (Å²) < 4.78 is 36.7. The van der Waals surface area contributed by atoms with Crippen molar-refractivity contribution in [2.45, 2.75) is 13.1 Å². The number of anilines is 1. The van der Waals surface area contributed by atoms with E-state index >= 15 is 0 Å². The molecule has 0 unspecified atom stereocenters. The van der Waals surface area contributed by atoms with E-state index in [0.717, 1.165) is 6.07 Å². The maximum absolute atomic E-state index is 12.2. The topological polar surface area (TPSA) is 38.0 Å². The van der Waals surface area contributed by atoms with Crippen molar-refractivity contribution in [2.24, 2.45) is 5.84 Å². The average molecular weight is 190 g/mol. The number of hydrazine groups is 1. The molecule has 72 valence electrons. The monoisotopic (exact) mass is 190 g/mol. The van der Waals surface area contributed by atoms with Crippen LogP contribution in [0.3, 0.4) is 0 Å². The minimum Gasteiger partial charge on any atom is -0.324 e. The van der Waals surface area contributed by atoms with Gasteiger partial charge in [-0.05, 0) is 30.7 Å². The van der Waals surface area contributed by atoms with Gasteiger partial charge in [0.2, 0.25) is 0 Å². The first kappa shape index (κ1) is 9.85. The van der Waals surface area contributed by atoms with Crippen LogP contribution in [0.15, 0.2) is 18.2 Å². The standard InChI is InChI=1S/C8H9F3N2/c1-5-4-6(13-12)2-3-7(5)8(9,10)11/h2-4,13H,12H2,1H3. The van der Waals surface area contributed by atoms with Crippen LogP contribution in [0.5, 0.6) is 0 Å². The first-order valence-corrected chi connectivity index (χ1v) is 3.59. The largest absolute Gasteiger partial charge is 0.416 e. The van der Waals surface area contributed by atoms with Crippen molar-refractivity contribution in [2.75, 3.05) is 5.43 Å². The molecule has 13 heavy (non-hydrogen) atoms. The second-order valence-electron chi connectivity index (χ2n) is 2.67. The van der Waals surface area contributed by atoms with Crippen LogP contribution in [0, 0.1) is 6.92 Å². The zero-order valence-electron chi connectivity index (χ0n) is 6.94. The van der Waals surface area contributed by atoms with Gasteiger partial charge in [0.1, 0.15) is 0 Å². The fourth-order valence-electron chi connectivity index (χ4n) is 1.07. The van der Waals surface area contributed by atoms with Crippen LogP contribution >= 0.6 is 0 Å².